The molecule has 0 aliphatic rings. The van der Waals surface area contributed by atoms with Crippen LogP contribution in [0.5, 0.6) is 5.75 Å². The van der Waals surface area contributed by atoms with Crippen molar-refractivity contribution in [3.63, 3.8) is 0 Å². The Morgan fingerprint density at radius 1 is 1.10 bits per heavy atom. The highest BCUT2D eigenvalue weighted by atomic mass is 79.9. The van der Waals surface area contributed by atoms with E-state index in [-0.39, 0.29) is 10.8 Å². The Morgan fingerprint density at radius 2 is 1.70 bits per heavy atom. The molecule has 1 unspecified atom stereocenters. The quantitative estimate of drug-likeness (QED) is 0.567. The number of benzene rings is 2. The SMILES string of the molecule is CCN(CC)S(=O)(=O)c1ccc(N(C)C)c(NC(=O)C(C)Oc2ccc(Br)cc2)c1. The Hall–Kier alpha value is -2.10. The van der Waals surface area contributed by atoms with Gasteiger partial charge in [0, 0.05) is 31.7 Å². The van der Waals surface area contributed by atoms with Gasteiger partial charge in [0.1, 0.15) is 5.75 Å². The van der Waals surface area contributed by atoms with Crippen LogP contribution in [0.3, 0.4) is 0 Å². The van der Waals surface area contributed by atoms with Gasteiger partial charge in [-0.05, 0) is 49.4 Å². The van der Waals surface area contributed by atoms with Gasteiger partial charge in [-0.1, -0.05) is 29.8 Å². The summed E-state index contributed by atoms with van der Waals surface area (Å²) in [7, 11) is 0.00241. The Bertz CT molecular complexity index is 974. The van der Waals surface area contributed by atoms with E-state index >= 15 is 0 Å². The molecule has 0 fully saturated rings. The predicted molar refractivity (Wildman–Crippen MR) is 124 cm³/mol. The van der Waals surface area contributed by atoms with Crippen LogP contribution in [0.4, 0.5) is 11.4 Å². The first kappa shape index (κ1) is 24.2. The van der Waals surface area contributed by atoms with E-state index in [1.54, 1.807) is 45.0 Å². The lowest BCUT2D eigenvalue weighted by Crippen LogP contribution is -2.32. The maximum absolute atomic E-state index is 12.9. The Labute approximate surface area is 187 Å². The van der Waals surface area contributed by atoms with Crippen LogP contribution in [0.2, 0.25) is 0 Å². The van der Waals surface area contributed by atoms with E-state index in [4.69, 9.17) is 4.74 Å². The fraction of sp³-hybridized carbons (Fsp3) is 0.381. The number of hydrogen-bond acceptors (Lipinski definition) is 5. The maximum Gasteiger partial charge on any atom is 0.265 e. The van der Waals surface area contributed by atoms with Crippen LogP contribution in [-0.2, 0) is 14.8 Å². The lowest BCUT2D eigenvalue weighted by molar-refractivity contribution is -0.122. The molecule has 0 radical (unpaired) electrons. The molecule has 0 saturated carbocycles. The van der Waals surface area contributed by atoms with E-state index in [9.17, 15) is 13.2 Å². The highest BCUT2D eigenvalue weighted by Gasteiger charge is 2.24. The summed E-state index contributed by atoms with van der Waals surface area (Å²) in [6.07, 6.45) is -0.774. The van der Waals surface area contributed by atoms with Crippen molar-refractivity contribution in [1.82, 2.24) is 4.31 Å². The minimum atomic E-state index is -3.65. The number of carbonyl (C=O) groups is 1. The summed E-state index contributed by atoms with van der Waals surface area (Å²) in [5.74, 6) is 0.185. The molecule has 2 aromatic carbocycles. The van der Waals surface area contributed by atoms with Gasteiger partial charge in [-0.15, -0.1) is 0 Å². The fourth-order valence-corrected chi connectivity index (χ4v) is 4.63. The van der Waals surface area contributed by atoms with E-state index in [1.807, 2.05) is 31.1 Å². The molecular formula is C21H28BrN3O4S. The summed E-state index contributed by atoms with van der Waals surface area (Å²) >= 11 is 3.36. The first-order chi connectivity index (χ1) is 14.1. The van der Waals surface area contributed by atoms with Crippen molar-refractivity contribution >= 4 is 43.2 Å². The molecule has 0 heterocycles. The van der Waals surface area contributed by atoms with Crippen LogP contribution in [0.1, 0.15) is 20.8 Å². The van der Waals surface area contributed by atoms with Gasteiger partial charge in [-0.25, -0.2) is 8.42 Å². The van der Waals surface area contributed by atoms with Crippen molar-refractivity contribution in [2.75, 3.05) is 37.4 Å². The van der Waals surface area contributed by atoms with Crippen LogP contribution >= 0.6 is 15.9 Å². The van der Waals surface area contributed by atoms with E-state index in [0.717, 1.165) is 4.47 Å². The number of amides is 1. The second-order valence-corrected chi connectivity index (χ2v) is 9.72. The summed E-state index contributed by atoms with van der Waals surface area (Å²) in [6.45, 7) is 5.96. The molecule has 7 nitrogen and oxygen atoms in total. The second kappa shape index (κ2) is 10.3. The van der Waals surface area contributed by atoms with Gasteiger partial charge in [0.05, 0.1) is 16.3 Å². The van der Waals surface area contributed by atoms with Gasteiger partial charge in [0.2, 0.25) is 10.0 Å². The van der Waals surface area contributed by atoms with Gasteiger partial charge in [-0.2, -0.15) is 4.31 Å². The molecule has 1 N–H and O–H groups in total. The Balaban J connectivity index is 2.29. The number of anilines is 2. The average Bonchev–Trinajstić information content (AvgIpc) is 2.70. The number of nitrogens with zero attached hydrogens (tertiary/aromatic N) is 2. The van der Waals surface area contributed by atoms with Crippen molar-refractivity contribution in [2.45, 2.75) is 31.8 Å². The molecule has 0 spiro atoms. The Morgan fingerprint density at radius 3 is 2.23 bits per heavy atom. The molecular weight excluding hydrogens is 470 g/mol. The summed E-state index contributed by atoms with van der Waals surface area (Å²) in [4.78, 5) is 14.7. The van der Waals surface area contributed by atoms with Crippen molar-refractivity contribution < 1.29 is 17.9 Å². The largest absolute Gasteiger partial charge is 0.481 e. The van der Waals surface area contributed by atoms with Crippen molar-refractivity contribution in [2.24, 2.45) is 0 Å². The number of sulfonamides is 1. The standard InChI is InChI=1S/C21H28BrN3O4S/c1-6-25(7-2)30(27,28)18-12-13-20(24(4)5)19(14-18)23-21(26)15(3)29-17-10-8-16(22)9-11-17/h8-15H,6-7H2,1-5H3,(H,23,26). The van der Waals surface area contributed by atoms with E-state index in [0.29, 0.717) is 30.2 Å². The number of carbonyl (C=O) groups excluding carboxylic acids is 1. The van der Waals surface area contributed by atoms with E-state index in [2.05, 4.69) is 21.2 Å². The Kier molecular flexibility index (Phi) is 8.28. The molecule has 0 saturated heterocycles. The smallest absolute Gasteiger partial charge is 0.265 e. The molecule has 2 aromatic rings. The van der Waals surface area contributed by atoms with Crippen LogP contribution in [0.25, 0.3) is 0 Å². The molecule has 0 aromatic heterocycles. The first-order valence-electron chi connectivity index (χ1n) is 9.64. The summed E-state index contributed by atoms with van der Waals surface area (Å²) in [5.41, 5.74) is 1.10. The molecule has 0 aliphatic carbocycles. The third-order valence-corrected chi connectivity index (χ3v) is 7.12. The van der Waals surface area contributed by atoms with Gasteiger partial charge in [-0.3, -0.25) is 4.79 Å². The van der Waals surface area contributed by atoms with E-state index in [1.165, 1.54) is 10.4 Å². The zero-order chi connectivity index (χ0) is 22.5. The molecule has 1 amide bonds. The molecule has 1 atom stereocenters. The molecule has 9 heteroatoms. The topological polar surface area (TPSA) is 79.0 Å². The molecule has 0 bridgehead atoms. The van der Waals surface area contributed by atoms with E-state index < -0.39 is 16.1 Å². The number of nitrogens with one attached hydrogen (secondary N) is 1. The zero-order valence-corrected chi connectivity index (χ0v) is 20.2. The number of ether oxygens (including phenoxy) is 1. The van der Waals surface area contributed by atoms with Crippen molar-refractivity contribution in [3.05, 3.63) is 46.9 Å². The number of rotatable bonds is 9. The first-order valence-corrected chi connectivity index (χ1v) is 11.9. The van der Waals surface area contributed by atoms with Gasteiger partial charge < -0.3 is 15.0 Å². The van der Waals surface area contributed by atoms with Gasteiger partial charge in [0.15, 0.2) is 6.10 Å². The predicted octanol–water partition coefficient (Wildman–Crippen LogP) is 3.95. The summed E-state index contributed by atoms with van der Waals surface area (Å²) < 4.78 is 33.8. The molecule has 30 heavy (non-hydrogen) atoms. The fourth-order valence-electron chi connectivity index (χ4n) is 2.88. The van der Waals surface area contributed by atoms with Crippen LogP contribution in [0.15, 0.2) is 51.8 Å². The lowest BCUT2D eigenvalue weighted by Gasteiger charge is -2.23. The van der Waals surface area contributed by atoms with Gasteiger partial charge >= 0.3 is 0 Å². The van der Waals surface area contributed by atoms with Crippen molar-refractivity contribution in [1.29, 1.82) is 0 Å². The monoisotopic (exact) mass is 497 g/mol. The highest BCUT2D eigenvalue weighted by Crippen LogP contribution is 2.29. The maximum atomic E-state index is 12.9. The molecule has 2 rings (SSSR count). The minimum Gasteiger partial charge on any atom is -0.481 e. The summed E-state index contributed by atoms with van der Waals surface area (Å²) in [5, 5.41) is 2.81. The normalized spacial score (nSPS) is 12.5. The van der Waals surface area contributed by atoms with Crippen LogP contribution < -0.4 is 15.0 Å². The van der Waals surface area contributed by atoms with Crippen molar-refractivity contribution in [3.8, 4) is 5.75 Å². The zero-order valence-electron chi connectivity index (χ0n) is 17.8. The van der Waals surface area contributed by atoms with Gasteiger partial charge in [0.25, 0.3) is 5.91 Å². The number of hydrogen-bond donors (Lipinski definition) is 1. The van der Waals surface area contributed by atoms with Crippen LogP contribution in [0, 0.1) is 0 Å². The second-order valence-electron chi connectivity index (χ2n) is 6.87. The van der Waals surface area contributed by atoms with Crippen LogP contribution in [-0.4, -0.2) is 51.9 Å². The average molecular weight is 498 g/mol. The number of halogens is 1. The lowest BCUT2D eigenvalue weighted by atomic mass is 10.2. The highest BCUT2D eigenvalue weighted by molar-refractivity contribution is 9.10. The summed E-state index contributed by atoms with van der Waals surface area (Å²) in [6, 6.07) is 11.9. The third kappa shape index (κ3) is 5.74. The minimum absolute atomic E-state index is 0.133. The molecule has 0 aliphatic heterocycles. The third-order valence-electron chi connectivity index (χ3n) is 4.55. The molecule has 164 valence electrons.